The van der Waals surface area contributed by atoms with Gasteiger partial charge in [-0.05, 0) is 31.9 Å². The summed E-state index contributed by atoms with van der Waals surface area (Å²) < 4.78 is 10.3. The maximum atomic E-state index is 11.8. The predicted molar refractivity (Wildman–Crippen MR) is 109 cm³/mol. The normalized spacial score (nSPS) is 19.7. The maximum absolute atomic E-state index is 11.8. The summed E-state index contributed by atoms with van der Waals surface area (Å²) in [6, 6.07) is -0.0547. The fraction of sp³-hybridized carbons (Fsp3) is 0.500. The molecule has 7 heteroatoms. The first-order chi connectivity index (χ1) is 13.0. The van der Waals surface area contributed by atoms with Gasteiger partial charge in [0.15, 0.2) is 6.23 Å². The van der Waals surface area contributed by atoms with E-state index in [1.807, 2.05) is 25.2 Å². The molecule has 27 heavy (non-hydrogen) atoms. The van der Waals surface area contributed by atoms with Crippen LogP contribution in [0.2, 0.25) is 0 Å². The van der Waals surface area contributed by atoms with E-state index in [0.29, 0.717) is 37.4 Å². The minimum atomic E-state index is -0.131. The van der Waals surface area contributed by atoms with Gasteiger partial charge in [0, 0.05) is 63.0 Å². The smallest absolute Gasteiger partial charge is 0.214 e. The molecule has 0 aromatic heterocycles. The molecule has 1 amide bonds. The van der Waals surface area contributed by atoms with Crippen LogP contribution in [0, 0.1) is 0 Å². The highest BCUT2D eigenvalue weighted by atomic mass is 16.5. The van der Waals surface area contributed by atoms with E-state index in [4.69, 9.17) is 20.9 Å². The highest BCUT2D eigenvalue weighted by molar-refractivity contribution is 5.83. The van der Waals surface area contributed by atoms with Crippen LogP contribution in [0.3, 0.4) is 0 Å². The zero-order chi connectivity index (χ0) is 20.2. The summed E-state index contributed by atoms with van der Waals surface area (Å²) in [6.07, 6.45) is 11.5. The molecule has 0 bridgehead atoms. The Morgan fingerprint density at radius 2 is 2.22 bits per heavy atom. The number of methoxy groups -OCH3 is 2. The van der Waals surface area contributed by atoms with Crippen LogP contribution in [0.15, 0.2) is 51.8 Å². The van der Waals surface area contributed by atoms with Crippen LogP contribution in [0.4, 0.5) is 0 Å². The lowest BCUT2D eigenvalue weighted by Crippen LogP contribution is -2.33. The summed E-state index contributed by atoms with van der Waals surface area (Å²) in [5.74, 6) is 0. The van der Waals surface area contributed by atoms with Gasteiger partial charge in [0.05, 0.1) is 0 Å². The van der Waals surface area contributed by atoms with Gasteiger partial charge in [-0.2, -0.15) is 0 Å². The summed E-state index contributed by atoms with van der Waals surface area (Å²) in [4.78, 5) is 17.8. The van der Waals surface area contributed by atoms with Crippen molar-refractivity contribution < 1.29 is 14.3 Å². The Morgan fingerprint density at radius 1 is 1.48 bits per heavy atom. The molecule has 2 atom stereocenters. The first kappa shape index (κ1) is 22.8. The summed E-state index contributed by atoms with van der Waals surface area (Å²) in [5, 5.41) is 0. The van der Waals surface area contributed by atoms with Crippen LogP contribution in [-0.2, 0) is 14.3 Å². The lowest BCUT2D eigenvalue weighted by Gasteiger charge is -2.29. The number of hydrogen-bond donors (Lipinski definition) is 2. The van der Waals surface area contributed by atoms with E-state index in [9.17, 15) is 4.79 Å². The highest BCUT2D eigenvalue weighted by Gasteiger charge is 2.19. The molecule has 1 rings (SSSR count). The molecular weight excluding hydrogens is 344 g/mol. The topological polar surface area (TPSA) is 103 Å². The van der Waals surface area contributed by atoms with Gasteiger partial charge in [-0.1, -0.05) is 18.2 Å². The third kappa shape index (κ3) is 7.13. The molecule has 4 N–H and O–H groups in total. The Bertz CT molecular complexity index is 631. The third-order valence-corrected chi connectivity index (χ3v) is 4.28. The van der Waals surface area contributed by atoms with Gasteiger partial charge < -0.3 is 25.8 Å². The van der Waals surface area contributed by atoms with Crippen molar-refractivity contribution in [1.29, 1.82) is 0 Å². The Hall–Kier alpha value is -2.22. The van der Waals surface area contributed by atoms with Crippen LogP contribution < -0.4 is 11.5 Å². The van der Waals surface area contributed by atoms with E-state index >= 15 is 0 Å². The summed E-state index contributed by atoms with van der Waals surface area (Å²) in [6.45, 7) is 4.62. The van der Waals surface area contributed by atoms with Gasteiger partial charge >= 0.3 is 0 Å². The lowest BCUT2D eigenvalue weighted by atomic mass is 10.0. The number of ether oxygens (including phenoxy) is 2. The molecule has 0 fully saturated rings. The predicted octanol–water partition coefficient (Wildman–Crippen LogP) is 1.87. The Labute approximate surface area is 162 Å². The largest absolute Gasteiger partial charge is 0.402 e. The second-order valence-electron chi connectivity index (χ2n) is 6.31. The number of hydrogen-bond acceptors (Lipinski definition) is 6. The van der Waals surface area contributed by atoms with Gasteiger partial charge in [-0.25, -0.2) is 0 Å². The van der Waals surface area contributed by atoms with Gasteiger partial charge in [-0.15, -0.1) is 0 Å². The summed E-state index contributed by atoms with van der Waals surface area (Å²) >= 11 is 0. The monoisotopic (exact) mass is 376 g/mol. The van der Waals surface area contributed by atoms with Crippen molar-refractivity contribution in [2.45, 2.75) is 39.0 Å². The number of allylic oxidation sites excluding steroid dienone is 4. The van der Waals surface area contributed by atoms with E-state index in [2.05, 4.69) is 4.99 Å². The Balaban J connectivity index is 3.10. The van der Waals surface area contributed by atoms with Gasteiger partial charge in [-0.3, -0.25) is 9.79 Å². The van der Waals surface area contributed by atoms with Crippen LogP contribution in [0.1, 0.15) is 26.7 Å². The van der Waals surface area contributed by atoms with Gasteiger partial charge in [0.2, 0.25) is 6.41 Å². The number of nitrogens with zero attached hydrogens (tertiary/aromatic N) is 2. The maximum Gasteiger partial charge on any atom is 0.214 e. The first-order valence-electron chi connectivity index (χ1n) is 9.02. The van der Waals surface area contributed by atoms with Crippen LogP contribution >= 0.6 is 0 Å². The summed E-state index contributed by atoms with van der Waals surface area (Å²) in [7, 11) is 3.28. The van der Waals surface area contributed by atoms with Crippen LogP contribution in [0.25, 0.3) is 0 Å². The fourth-order valence-electron chi connectivity index (χ4n) is 2.68. The van der Waals surface area contributed by atoms with Crippen molar-refractivity contribution >= 4 is 12.6 Å². The average molecular weight is 377 g/mol. The van der Waals surface area contributed by atoms with Crippen molar-refractivity contribution in [2.24, 2.45) is 16.5 Å². The third-order valence-electron chi connectivity index (χ3n) is 4.28. The first-order valence-corrected chi connectivity index (χ1v) is 9.02. The quantitative estimate of drug-likeness (QED) is 0.423. The number of rotatable bonds is 11. The minimum absolute atomic E-state index is 0.0547. The lowest BCUT2D eigenvalue weighted by molar-refractivity contribution is -0.118. The second kappa shape index (κ2) is 12.2. The molecular formula is C20H32N4O3. The molecule has 0 spiro atoms. The van der Waals surface area contributed by atoms with Gasteiger partial charge in [0.1, 0.15) is 0 Å². The molecule has 0 radical (unpaired) electrons. The molecule has 150 valence electrons. The summed E-state index contributed by atoms with van der Waals surface area (Å²) in [5.41, 5.74) is 14.9. The molecule has 0 saturated carbocycles. The van der Waals surface area contributed by atoms with Crippen molar-refractivity contribution in [1.82, 2.24) is 4.90 Å². The molecule has 0 aromatic carbocycles. The van der Waals surface area contributed by atoms with E-state index < -0.39 is 0 Å². The molecule has 7 nitrogen and oxygen atoms in total. The molecule has 1 heterocycles. The van der Waals surface area contributed by atoms with E-state index in [0.717, 1.165) is 17.6 Å². The molecule has 0 aromatic rings. The van der Waals surface area contributed by atoms with Crippen molar-refractivity contribution in [3.8, 4) is 0 Å². The fourth-order valence-corrected chi connectivity index (χ4v) is 2.68. The number of carbonyl (C=O) groups excluding carboxylic acids is 1. The Kier molecular flexibility index (Phi) is 10.3. The van der Waals surface area contributed by atoms with Crippen molar-refractivity contribution in [3.05, 3.63) is 46.8 Å². The number of carbonyl (C=O) groups is 1. The highest BCUT2D eigenvalue weighted by Crippen LogP contribution is 2.22. The van der Waals surface area contributed by atoms with Gasteiger partial charge in [0.25, 0.3) is 0 Å². The van der Waals surface area contributed by atoms with Crippen LogP contribution in [0.5, 0.6) is 0 Å². The number of amides is 1. The standard InChI is InChI=1S/C20H32N4O3/c1-15(10-12-26-3)24(14-25)19(9-11-21)18(16(2)22)7-5-17-6-8-20(27-4)23-13-17/h5-7,9,13-15,20H,8,10-12,21-22H2,1-4H3/b7-5+,18-16-,19-9+. The molecule has 0 saturated heterocycles. The molecule has 1 aliphatic heterocycles. The SMILES string of the molecule is COCCC(C)N(C=O)C(=C/CN)/C(/C=C/C1=CCC(OC)N=C1)=C(/C)N. The number of aliphatic imine (C=N–C) groups is 1. The molecule has 1 aliphatic rings. The van der Waals surface area contributed by atoms with E-state index in [1.54, 1.807) is 38.3 Å². The molecule has 2 unspecified atom stereocenters. The van der Waals surface area contributed by atoms with E-state index in [-0.39, 0.29) is 12.3 Å². The van der Waals surface area contributed by atoms with Crippen LogP contribution in [-0.4, -0.2) is 57.2 Å². The minimum Gasteiger partial charge on any atom is -0.402 e. The molecule has 0 aliphatic carbocycles. The number of dihydropyridines is 1. The zero-order valence-corrected chi connectivity index (χ0v) is 16.7. The van der Waals surface area contributed by atoms with Crippen molar-refractivity contribution in [3.63, 3.8) is 0 Å². The second-order valence-corrected chi connectivity index (χ2v) is 6.31. The van der Waals surface area contributed by atoms with E-state index in [1.165, 1.54) is 0 Å². The van der Waals surface area contributed by atoms with Crippen molar-refractivity contribution in [2.75, 3.05) is 27.4 Å². The number of nitrogens with two attached hydrogens (primary N) is 2. The Morgan fingerprint density at radius 3 is 2.70 bits per heavy atom. The zero-order valence-electron chi connectivity index (χ0n) is 16.7. The average Bonchev–Trinajstić information content (AvgIpc) is 2.67.